The van der Waals surface area contributed by atoms with Crippen LogP contribution in [0.2, 0.25) is 0 Å². The summed E-state index contributed by atoms with van der Waals surface area (Å²) >= 11 is 1.36. The monoisotopic (exact) mass is 298 g/mol. The summed E-state index contributed by atoms with van der Waals surface area (Å²) in [7, 11) is 0. The van der Waals surface area contributed by atoms with Crippen LogP contribution in [0.1, 0.15) is 50.7 Å². The lowest BCUT2D eigenvalue weighted by Gasteiger charge is -2.16. The van der Waals surface area contributed by atoms with Crippen LogP contribution < -0.4 is 16.0 Å². The molecule has 1 aromatic heterocycles. The summed E-state index contributed by atoms with van der Waals surface area (Å²) < 4.78 is 0. The highest BCUT2D eigenvalue weighted by molar-refractivity contribution is 7.18. The molecule has 114 valence electrons. The van der Waals surface area contributed by atoms with Crippen LogP contribution in [0.15, 0.2) is 0 Å². The zero-order valence-electron chi connectivity index (χ0n) is 13.1. The van der Waals surface area contributed by atoms with Gasteiger partial charge in [-0.2, -0.15) is 0 Å². The molecule has 3 N–H and O–H groups in total. The Balaban J connectivity index is 2.78. The topological polar surface area (TPSA) is 71.2 Å². The first kappa shape index (κ1) is 16.8. The van der Waals surface area contributed by atoms with Crippen molar-refractivity contribution in [3.8, 4) is 0 Å². The third-order valence-electron chi connectivity index (χ3n) is 3.08. The van der Waals surface area contributed by atoms with Gasteiger partial charge >= 0.3 is 0 Å². The highest BCUT2D eigenvalue weighted by atomic mass is 32.1. The maximum absolute atomic E-state index is 12.2. The number of hydrogen-bond acceptors (Lipinski definition) is 5. The van der Waals surface area contributed by atoms with Gasteiger partial charge in [0, 0.05) is 19.1 Å². The first-order valence-electron chi connectivity index (χ1n) is 7.21. The van der Waals surface area contributed by atoms with Gasteiger partial charge in [0.05, 0.1) is 0 Å². The second-order valence-corrected chi connectivity index (χ2v) is 6.36. The molecule has 0 aliphatic heterocycles. The van der Waals surface area contributed by atoms with Crippen molar-refractivity contribution in [2.45, 2.75) is 47.1 Å². The minimum absolute atomic E-state index is 0.119. The van der Waals surface area contributed by atoms with Crippen LogP contribution in [-0.2, 0) is 0 Å². The second-order valence-electron chi connectivity index (χ2n) is 5.39. The van der Waals surface area contributed by atoms with Gasteiger partial charge in [-0.1, -0.05) is 25.2 Å². The van der Waals surface area contributed by atoms with E-state index in [0.717, 1.165) is 24.6 Å². The lowest BCUT2D eigenvalue weighted by Crippen LogP contribution is -2.33. The highest BCUT2D eigenvalue weighted by Crippen LogP contribution is 2.28. The normalized spacial score (nSPS) is 12.5. The molecule has 0 bridgehead atoms. The van der Waals surface area contributed by atoms with Crippen LogP contribution in [0.25, 0.3) is 0 Å². The predicted octanol–water partition coefficient (Wildman–Crippen LogP) is 2.74. The van der Waals surface area contributed by atoms with E-state index >= 15 is 0 Å². The number of rotatable bonds is 7. The number of carbonyl (C=O) groups excluding carboxylic acids is 1. The van der Waals surface area contributed by atoms with E-state index in [1.54, 1.807) is 0 Å². The molecule has 0 aliphatic carbocycles. The number of nitrogen functional groups attached to an aromatic ring is 1. The molecular formula is C14H26N4OS. The van der Waals surface area contributed by atoms with Crippen LogP contribution in [0, 0.1) is 5.92 Å². The first-order valence-corrected chi connectivity index (χ1v) is 8.02. The van der Waals surface area contributed by atoms with Crippen molar-refractivity contribution < 1.29 is 4.79 Å². The average Bonchev–Trinajstić information content (AvgIpc) is 2.71. The molecule has 0 saturated heterocycles. The summed E-state index contributed by atoms with van der Waals surface area (Å²) in [6, 6.07) is 0.140. The van der Waals surface area contributed by atoms with E-state index in [9.17, 15) is 4.79 Å². The summed E-state index contributed by atoms with van der Waals surface area (Å²) in [4.78, 5) is 19.1. The number of aromatic nitrogens is 1. The quantitative estimate of drug-likeness (QED) is 0.812. The van der Waals surface area contributed by atoms with Crippen molar-refractivity contribution in [1.82, 2.24) is 10.3 Å². The smallest absolute Gasteiger partial charge is 0.265 e. The number of anilines is 2. The maximum atomic E-state index is 12.2. The SMILES string of the molecule is CCN(CC)c1nc(N)c(C(=O)NC(C)CC(C)C)s1. The number of nitrogens with one attached hydrogen (secondary N) is 1. The minimum Gasteiger partial charge on any atom is -0.382 e. The van der Waals surface area contributed by atoms with Gasteiger partial charge < -0.3 is 16.0 Å². The molecule has 0 saturated carbocycles. The Bertz CT molecular complexity index is 440. The first-order chi connectivity index (χ1) is 9.38. The zero-order chi connectivity index (χ0) is 15.3. The molecule has 6 heteroatoms. The lowest BCUT2D eigenvalue weighted by atomic mass is 10.1. The Morgan fingerprint density at radius 2 is 1.95 bits per heavy atom. The molecule has 1 atom stereocenters. The Kier molecular flexibility index (Phi) is 6.26. The van der Waals surface area contributed by atoms with Crippen LogP contribution >= 0.6 is 11.3 Å². The fourth-order valence-electron chi connectivity index (χ4n) is 2.17. The van der Waals surface area contributed by atoms with Gasteiger partial charge in [0.25, 0.3) is 5.91 Å². The van der Waals surface area contributed by atoms with Gasteiger partial charge in [-0.25, -0.2) is 4.98 Å². The number of amides is 1. The van der Waals surface area contributed by atoms with Crippen molar-refractivity contribution in [1.29, 1.82) is 0 Å². The molecule has 1 aromatic rings. The van der Waals surface area contributed by atoms with Gasteiger partial charge in [-0.3, -0.25) is 4.79 Å². The van der Waals surface area contributed by atoms with Crippen LogP contribution in [-0.4, -0.2) is 30.0 Å². The van der Waals surface area contributed by atoms with E-state index in [1.807, 2.05) is 6.92 Å². The second kappa shape index (κ2) is 7.47. The average molecular weight is 298 g/mol. The van der Waals surface area contributed by atoms with Gasteiger partial charge in [-0.15, -0.1) is 0 Å². The Hall–Kier alpha value is -1.30. The predicted molar refractivity (Wildman–Crippen MR) is 86.5 cm³/mol. The third kappa shape index (κ3) is 4.37. The number of nitrogens with zero attached hydrogens (tertiary/aromatic N) is 2. The fraction of sp³-hybridized carbons (Fsp3) is 0.714. The summed E-state index contributed by atoms with van der Waals surface area (Å²) in [5, 5.41) is 3.80. The van der Waals surface area contributed by atoms with Crippen molar-refractivity contribution in [3.05, 3.63) is 4.88 Å². The molecule has 0 spiro atoms. The van der Waals surface area contributed by atoms with E-state index in [4.69, 9.17) is 5.73 Å². The molecule has 1 heterocycles. The van der Waals surface area contributed by atoms with Gasteiger partial charge in [0.15, 0.2) is 5.13 Å². The Morgan fingerprint density at radius 3 is 2.45 bits per heavy atom. The molecular weight excluding hydrogens is 272 g/mol. The summed E-state index contributed by atoms with van der Waals surface area (Å²) in [6.45, 7) is 12.1. The maximum Gasteiger partial charge on any atom is 0.265 e. The van der Waals surface area contributed by atoms with E-state index < -0.39 is 0 Å². The molecule has 5 nitrogen and oxygen atoms in total. The van der Waals surface area contributed by atoms with Crippen LogP contribution in [0.4, 0.5) is 10.9 Å². The van der Waals surface area contributed by atoms with Crippen LogP contribution in [0.5, 0.6) is 0 Å². The van der Waals surface area contributed by atoms with Gasteiger partial charge in [0.1, 0.15) is 10.7 Å². The van der Waals surface area contributed by atoms with Crippen LogP contribution in [0.3, 0.4) is 0 Å². The van der Waals surface area contributed by atoms with Crippen molar-refractivity contribution >= 4 is 28.2 Å². The largest absolute Gasteiger partial charge is 0.382 e. The fourth-order valence-corrected chi connectivity index (χ4v) is 3.18. The van der Waals surface area contributed by atoms with Crippen molar-refractivity contribution in [3.63, 3.8) is 0 Å². The van der Waals surface area contributed by atoms with Crippen molar-refractivity contribution in [2.24, 2.45) is 5.92 Å². The molecule has 0 aliphatic rings. The molecule has 0 fully saturated rings. The van der Waals surface area contributed by atoms with E-state index in [-0.39, 0.29) is 11.9 Å². The molecule has 1 amide bonds. The number of hydrogen-bond donors (Lipinski definition) is 2. The molecule has 0 radical (unpaired) electrons. The molecule has 1 unspecified atom stereocenters. The molecule has 1 rings (SSSR count). The van der Waals surface area contributed by atoms with Gasteiger partial charge in [0.2, 0.25) is 0 Å². The molecule has 0 aromatic carbocycles. The van der Waals surface area contributed by atoms with Gasteiger partial charge in [-0.05, 0) is 33.1 Å². The summed E-state index contributed by atoms with van der Waals surface area (Å²) in [5.41, 5.74) is 5.88. The van der Waals surface area contributed by atoms with E-state index in [0.29, 0.717) is 16.6 Å². The van der Waals surface area contributed by atoms with Crippen molar-refractivity contribution in [2.75, 3.05) is 23.7 Å². The number of carbonyl (C=O) groups is 1. The minimum atomic E-state index is -0.119. The molecule has 20 heavy (non-hydrogen) atoms. The van der Waals surface area contributed by atoms with E-state index in [2.05, 4.69) is 42.9 Å². The lowest BCUT2D eigenvalue weighted by molar-refractivity contribution is 0.0941. The Morgan fingerprint density at radius 1 is 1.35 bits per heavy atom. The standard InChI is InChI=1S/C14H26N4OS/c1-6-18(7-2)14-17-12(15)11(20-14)13(19)16-10(5)8-9(3)4/h9-10H,6-8,15H2,1-5H3,(H,16,19). The highest BCUT2D eigenvalue weighted by Gasteiger charge is 2.20. The zero-order valence-corrected chi connectivity index (χ0v) is 13.9. The van der Waals surface area contributed by atoms with E-state index in [1.165, 1.54) is 11.3 Å². The third-order valence-corrected chi connectivity index (χ3v) is 4.22. The Labute approximate surface area is 125 Å². The number of nitrogens with two attached hydrogens (primary N) is 1. The summed E-state index contributed by atoms with van der Waals surface area (Å²) in [6.07, 6.45) is 0.952. The summed E-state index contributed by atoms with van der Waals surface area (Å²) in [5.74, 6) is 0.757. The number of thiazole rings is 1.